The van der Waals surface area contributed by atoms with Gasteiger partial charge in [-0.05, 0) is 30.5 Å². The molecule has 2 aromatic carbocycles. The number of para-hydroxylation sites is 1. The Balaban J connectivity index is 1.48. The van der Waals surface area contributed by atoms with Crippen molar-refractivity contribution in [3.8, 4) is 0 Å². The molecule has 30 heavy (non-hydrogen) atoms. The van der Waals surface area contributed by atoms with Crippen LogP contribution >= 0.6 is 0 Å². The largest absolute Gasteiger partial charge is 0.358 e. The summed E-state index contributed by atoms with van der Waals surface area (Å²) in [7, 11) is -3.50. The van der Waals surface area contributed by atoms with Gasteiger partial charge >= 0.3 is 0 Å². The zero-order valence-corrected chi connectivity index (χ0v) is 17.8. The van der Waals surface area contributed by atoms with Crippen LogP contribution in [0.25, 0.3) is 10.9 Å². The van der Waals surface area contributed by atoms with Gasteiger partial charge in [-0.15, -0.1) is 0 Å². The first-order valence-corrected chi connectivity index (χ1v) is 12.0. The van der Waals surface area contributed by atoms with Crippen LogP contribution in [0.5, 0.6) is 0 Å². The Morgan fingerprint density at radius 2 is 1.80 bits per heavy atom. The molecule has 7 heteroatoms. The summed E-state index contributed by atoms with van der Waals surface area (Å²) in [4.78, 5) is 18.9. The second-order valence-corrected chi connectivity index (χ2v) is 10.3. The van der Waals surface area contributed by atoms with Crippen LogP contribution in [0.3, 0.4) is 0 Å². The number of nitrogens with zero attached hydrogens (tertiary/aromatic N) is 2. The van der Waals surface area contributed by atoms with E-state index < -0.39 is 16.1 Å². The zero-order valence-electron chi connectivity index (χ0n) is 17.0. The average Bonchev–Trinajstić information content (AvgIpc) is 3.15. The maximum absolute atomic E-state index is 13.6. The molecule has 156 valence electrons. The SMILES string of the molecule is CCS(=O)(=O)N1Cc2ccccc2C[C@@H]1C(=O)N1CCc2[nH]c3ccccc3c2C1. The maximum Gasteiger partial charge on any atom is 0.241 e. The highest BCUT2D eigenvalue weighted by Crippen LogP contribution is 2.31. The zero-order chi connectivity index (χ0) is 20.9. The normalized spacial score (nSPS) is 19.5. The minimum atomic E-state index is -3.50. The molecule has 0 aliphatic carbocycles. The Hall–Kier alpha value is -2.64. The van der Waals surface area contributed by atoms with Gasteiger partial charge in [0.05, 0.1) is 5.75 Å². The summed E-state index contributed by atoms with van der Waals surface area (Å²) in [6.45, 7) is 3.00. The van der Waals surface area contributed by atoms with Gasteiger partial charge in [0.25, 0.3) is 0 Å². The van der Waals surface area contributed by atoms with Crippen LogP contribution in [-0.2, 0) is 40.7 Å². The Morgan fingerprint density at radius 1 is 1.07 bits per heavy atom. The van der Waals surface area contributed by atoms with E-state index in [4.69, 9.17) is 0 Å². The van der Waals surface area contributed by atoms with E-state index in [2.05, 4.69) is 11.1 Å². The van der Waals surface area contributed by atoms with Crippen molar-refractivity contribution in [2.75, 3.05) is 12.3 Å². The molecule has 1 aromatic heterocycles. The number of aromatic nitrogens is 1. The summed E-state index contributed by atoms with van der Waals surface area (Å²) in [6, 6.07) is 15.3. The number of rotatable bonds is 3. The highest BCUT2D eigenvalue weighted by molar-refractivity contribution is 7.89. The molecule has 0 bridgehead atoms. The first-order chi connectivity index (χ1) is 14.5. The summed E-state index contributed by atoms with van der Waals surface area (Å²) in [6.07, 6.45) is 1.17. The fraction of sp³-hybridized carbons (Fsp3) is 0.348. The van der Waals surface area contributed by atoms with Gasteiger partial charge in [-0.3, -0.25) is 4.79 Å². The van der Waals surface area contributed by atoms with Gasteiger partial charge < -0.3 is 9.88 Å². The molecule has 0 unspecified atom stereocenters. The molecule has 3 aromatic rings. The fourth-order valence-corrected chi connectivity index (χ4v) is 5.95. The number of amides is 1. The van der Waals surface area contributed by atoms with Gasteiger partial charge in [0.1, 0.15) is 6.04 Å². The van der Waals surface area contributed by atoms with Crippen LogP contribution in [0.4, 0.5) is 0 Å². The number of hydrogen-bond acceptors (Lipinski definition) is 3. The third-order valence-electron chi connectivity index (χ3n) is 6.41. The van der Waals surface area contributed by atoms with E-state index in [0.29, 0.717) is 19.5 Å². The minimum Gasteiger partial charge on any atom is -0.358 e. The predicted molar refractivity (Wildman–Crippen MR) is 116 cm³/mol. The Bertz CT molecular complexity index is 1230. The van der Waals surface area contributed by atoms with E-state index in [1.54, 1.807) is 6.92 Å². The van der Waals surface area contributed by atoms with Crippen molar-refractivity contribution in [1.82, 2.24) is 14.2 Å². The molecule has 1 N–H and O–H groups in total. The lowest BCUT2D eigenvalue weighted by Gasteiger charge is -2.38. The molecular formula is C23H25N3O3S. The molecule has 0 spiro atoms. The Labute approximate surface area is 176 Å². The number of carbonyl (C=O) groups excluding carboxylic acids is 1. The lowest BCUT2D eigenvalue weighted by Crippen LogP contribution is -2.54. The molecule has 3 heterocycles. The molecule has 0 saturated heterocycles. The Morgan fingerprint density at radius 3 is 2.60 bits per heavy atom. The van der Waals surface area contributed by atoms with Crippen LogP contribution in [0.2, 0.25) is 0 Å². The second kappa shape index (κ2) is 7.25. The molecule has 2 aliphatic heterocycles. The summed E-state index contributed by atoms with van der Waals surface area (Å²) < 4.78 is 27.1. The van der Waals surface area contributed by atoms with Crippen molar-refractivity contribution < 1.29 is 13.2 Å². The topological polar surface area (TPSA) is 73.5 Å². The van der Waals surface area contributed by atoms with E-state index in [0.717, 1.165) is 34.0 Å². The van der Waals surface area contributed by atoms with Crippen LogP contribution in [0, 0.1) is 0 Å². The standard InChI is InChI=1S/C23H25N3O3S/c1-2-30(28,29)26-14-17-8-4-3-7-16(17)13-22(26)23(27)25-12-11-21-19(15-25)18-9-5-6-10-20(18)24-21/h3-10,22,24H,2,11-15H2,1H3/t22-/m1/s1. The van der Waals surface area contributed by atoms with Gasteiger partial charge in [0, 0.05) is 48.2 Å². The van der Waals surface area contributed by atoms with E-state index in [-0.39, 0.29) is 18.2 Å². The van der Waals surface area contributed by atoms with Crippen molar-refractivity contribution in [2.45, 2.75) is 38.9 Å². The highest BCUT2D eigenvalue weighted by atomic mass is 32.2. The molecular weight excluding hydrogens is 398 g/mol. The molecule has 0 saturated carbocycles. The fourth-order valence-electron chi connectivity index (χ4n) is 4.73. The first-order valence-electron chi connectivity index (χ1n) is 10.4. The molecule has 0 radical (unpaired) electrons. The van der Waals surface area contributed by atoms with Crippen LogP contribution in [0.15, 0.2) is 48.5 Å². The van der Waals surface area contributed by atoms with Crippen molar-refractivity contribution in [1.29, 1.82) is 0 Å². The monoisotopic (exact) mass is 423 g/mol. The maximum atomic E-state index is 13.6. The van der Waals surface area contributed by atoms with E-state index in [1.807, 2.05) is 47.4 Å². The van der Waals surface area contributed by atoms with Crippen molar-refractivity contribution in [3.05, 3.63) is 70.9 Å². The van der Waals surface area contributed by atoms with Crippen LogP contribution in [-0.4, -0.2) is 46.9 Å². The summed E-state index contributed by atoms with van der Waals surface area (Å²) in [5.41, 5.74) is 5.44. The quantitative estimate of drug-likeness (QED) is 0.704. The molecule has 5 rings (SSSR count). The van der Waals surface area contributed by atoms with Crippen LogP contribution < -0.4 is 0 Å². The number of H-pyrrole nitrogens is 1. The third kappa shape index (κ3) is 3.13. The molecule has 1 amide bonds. The summed E-state index contributed by atoms with van der Waals surface area (Å²) >= 11 is 0. The number of nitrogens with one attached hydrogen (secondary N) is 1. The van der Waals surface area contributed by atoms with Gasteiger partial charge in [-0.25, -0.2) is 8.42 Å². The molecule has 1 atom stereocenters. The predicted octanol–water partition coefficient (Wildman–Crippen LogP) is 2.83. The van der Waals surface area contributed by atoms with Crippen molar-refractivity contribution in [2.24, 2.45) is 0 Å². The molecule has 0 fully saturated rings. The lowest BCUT2D eigenvalue weighted by molar-refractivity contribution is -0.136. The Kier molecular flexibility index (Phi) is 4.67. The van der Waals surface area contributed by atoms with Gasteiger partial charge in [-0.1, -0.05) is 42.5 Å². The molecule has 6 nitrogen and oxygen atoms in total. The number of hydrogen-bond donors (Lipinski definition) is 1. The van der Waals surface area contributed by atoms with E-state index in [9.17, 15) is 13.2 Å². The summed E-state index contributed by atoms with van der Waals surface area (Å²) in [5.74, 6) is -0.108. The number of benzene rings is 2. The summed E-state index contributed by atoms with van der Waals surface area (Å²) in [5, 5.41) is 1.14. The van der Waals surface area contributed by atoms with Gasteiger partial charge in [-0.2, -0.15) is 4.31 Å². The number of sulfonamides is 1. The number of aromatic amines is 1. The second-order valence-electron chi connectivity index (χ2n) is 8.07. The number of carbonyl (C=O) groups is 1. The van der Waals surface area contributed by atoms with Gasteiger partial charge in [0.2, 0.25) is 15.9 Å². The van der Waals surface area contributed by atoms with Crippen LogP contribution in [0.1, 0.15) is 29.3 Å². The first kappa shape index (κ1) is 19.3. The highest BCUT2D eigenvalue weighted by Gasteiger charge is 2.40. The third-order valence-corrected chi connectivity index (χ3v) is 8.23. The van der Waals surface area contributed by atoms with Crippen molar-refractivity contribution >= 4 is 26.8 Å². The van der Waals surface area contributed by atoms with E-state index >= 15 is 0 Å². The lowest BCUT2D eigenvalue weighted by atomic mass is 9.94. The number of fused-ring (bicyclic) bond motifs is 4. The van der Waals surface area contributed by atoms with Crippen molar-refractivity contribution in [3.63, 3.8) is 0 Å². The molecule has 2 aliphatic rings. The minimum absolute atomic E-state index is 0.00839. The van der Waals surface area contributed by atoms with Gasteiger partial charge in [0.15, 0.2) is 0 Å². The smallest absolute Gasteiger partial charge is 0.241 e. The van der Waals surface area contributed by atoms with E-state index in [1.165, 1.54) is 10.00 Å². The average molecular weight is 424 g/mol.